The molecule has 0 atom stereocenters. The average Bonchev–Trinajstić information content (AvgIpc) is 2.45. The van der Waals surface area contributed by atoms with Gasteiger partial charge >= 0.3 is 0 Å². The predicted octanol–water partition coefficient (Wildman–Crippen LogP) is 0.524. The highest BCUT2D eigenvalue weighted by Crippen LogP contribution is 2.14. The van der Waals surface area contributed by atoms with Crippen LogP contribution in [0.5, 0.6) is 0 Å². The zero-order valence-corrected chi connectivity index (χ0v) is 11.5. The molecule has 1 saturated heterocycles. The molecule has 1 fully saturated rings. The molecule has 1 aliphatic heterocycles. The fraction of sp³-hybridized carbons (Fsp3) is 0.400. The fourth-order valence-electron chi connectivity index (χ4n) is 2.13. The molecule has 5 heteroatoms. The van der Waals surface area contributed by atoms with E-state index < -0.39 is 5.82 Å². The topological polar surface area (TPSA) is 49.6 Å². The van der Waals surface area contributed by atoms with Crippen molar-refractivity contribution in [1.82, 2.24) is 9.80 Å². The maximum atomic E-state index is 13.3. The molecule has 1 aromatic rings. The van der Waals surface area contributed by atoms with E-state index in [4.69, 9.17) is 5.73 Å². The third-order valence-corrected chi connectivity index (χ3v) is 3.33. The Bertz CT molecular complexity index is 554. The molecule has 106 valence electrons. The summed E-state index contributed by atoms with van der Waals surface area (Å²) in [5.41, 5.74) is 6.17. The van der Waals surface area contributed by atoms with Crippen molar-refractivity contribution in [2.45, 2.75) is 0 Å². The molecule has 2 N–H and O–H groups in total. The summed E-state index contributed by atoms with van der Waals surface area (Å²) in [5.74, 6) is 4.94. The first kappa shape index (κ1) is 14.5. The van der Waals surface area contributed by atoms with E-state index in [0.717, 1.165) is 13.1 Å². The van der Waals surface area contributed by atoms with Gasteiger partial charge in [0.15, 0.2) is 0 Å². The van der Waals surface area contributed by atoms with Crippen LogP contribution in [0.1, 0.15) is 15.9 Å². The summed E-state index contributed by atoms with van der Waals surface area (Å²) in [5, 5.41) is 0. The lowest BCUT2D eigenvalue weighted by Crippen LogP contribution is -2.47. The minimum atomic E-state index is -0.402. The maximum absolute atomic E-state index is 13.3. The van der Waals surface area contributed by atoms with Crippen molar-refractivity contribution in [3.63, 3.8) is 0 Å². The molecule has 1 heterocycles. The molecular weight excluding hydrogens is 257 g/mol. The minimum Gasteiger partial charge on any atom is -0.336 e. The first-order valence-corrected chi connectivity index (χ1v) is 6.58. The molecule has 0 radical (unpaired) electrons. The first-order chi connectivity index (χ1) is 9.61. The van der Waals surface area contributed by atoms with Crippen LogP contribution in [0, 0.1) is 17.7 Å². The SMILES string of the molecule is CN1CCN(C(=O)c2ccc(F)cc2C#CCN)CC1. The second kappa shape index (κ2) is 6.51. The number of halogens is 1. The predicted molar refractivity (Wildman–Crippen MR) is 75.7 cm³/mol. The fourth-order valence-corrected chi connectivity index (χ4v) is 2.13. The van der Waals surface area contributed by atoms with E-state index >= 15 is 0 Å². The van der Waals surface area contributed by atoms with Gasteiger partial charge in [0.2, 0.25) is 0 Å². The van der Waals surface area contributed by atoms with E-state index in [1.807, 2.05) is 7.05 Å². The van der Waals surface area contributed by atoms with Gasteiger partial charge in [0.05, 0.1) is 12.1 Å². The number of amides is 1. The van der Waals surface area contributed by atoms with Crippen LogP contribution in [0.25, 0.3) is 0 Å². The molecule has 1 amide bonds. The summed E-state index contributed by atoms with van der Waals surface area (Å²) in [6, 6.07) is 4.07. The minimum absolute atomic E-state index is 0.0978. The van der Waals surface area contributed by atoms with Gasteiger partial charge < -0.3 is 15.5 Å². The van der Waals surface area contributed by atoms with Crippen molar-refractivity contribution in [2.75, 3.05) is 39.8 Å². The standard InChI is InChI=1S/C15H18FN3O/c1-18-7-9-19(10-8-18)15(20)14-5-4-13(16)11-12(14)3-2-6-17/h4-5,11H,6-10,17H2,1H3. The Morgan fingerprint density at radius 1 is 1.35 bits per heavy atom. The molecule has 0 spiro atoms. The molecule has 0 bridgehead atoms. The lowest BCUT2D eigenvalue weighted by Gasteiger charge is -2.32. The molecule has 20 heavy (non-hydrogen) atoms. The number of nitrogens with two attached hydrogens (primary N) is 1. The second-order valence-electron chi connectivity index (χ2n) is 4.79. The van der Waals surface area contributed by atoms with E-state index in [9.17, 15) is 9.18 Å². The van der Waals surface area contributed by atoms with Gasteiger partial charge in [-0.1, -0.05) is 11.8 Å². The Morgan fingerprint density at radius 2 is 2.05 bits per heavy atom. The van der Waals surface area contributed by atoms with Crippen LogP contribution in [0.4, 0.5) is 4.39 Å². The van der Waals surface area contributed by atoms with Crippen LogP contribution in [0.2, 0.25) is 0 Å². The van der Waals surface area contributed by atoms with Crippen molar-refractivity contribution in [3.05, 3.63) is 35.1 Å². The van der Waals surface area contributed by atoms with Crippen LogP contribution in [0.15, 0.2) is 18.2 Å². The normalized spacial score (nSPS) is 15.7. The van der Waals surface area contributed by atoms with E-state index in [-0.39, 0.29) is 12.5 Å². The molecule has 0 aliphatic carbocycles. The highest BCUT2D eigenvalue weighted by molar-refractivity contribution is 5.96. The molecule has 1 aromatic carbocycles. The van der Waals surface area contributed by atoms with Gasteiger partial charge in [-0.15, -0.1) is 0 Å². The Kier molecular flexibility index (Phi) is 4.72. The van der Waals surface area contributed by atoms with Crippen LogP contribution in [-0.4, -0.2) is 55.5 Å². The van der Waals surface area contributed by atoms with E-state index in [1.165, 1.54) is 18.2 Å². The number of rotatable bonds is 1. The van der Waals surface area contributed by atoms with E-state index in [0.29, 0.717) is 24.2 Å². The number of nitrogens with zero attached hydrogens (tertiary/aromatic N) is 2. The monoisotopic (exact) mass is 275 g/mol. The van der Waals surface area contributed by atoms with Gasteiger partial charge in [0, 0.05) is 31.7 Å². The molecule has 0 saturated carbocycles. The first-order valence-electron chi connectivity index (χ1n) is 6.58. The third kappa shape index (κ3) is 3.35. The lowest BCUT2D eigenvalue weighted by molar-refractivity contribution is 0.0664. The summed E-state index contributed by atoms with van der Waals surface area (Å²) in [6.07, 6.45) is 0. The summed E-state index contributed by atoms with van der Waals surface area (Å²) < 4.78 is 13.3. The smallest absolute Gasteiger partial charge is 0.255 e. The van der Waals surface area contributed by atoms with Crippen LogP contribution < -0.4 is 5.73 Å². The average molecular weight is 275 g/mol. The van der Waals surface area contributed by atoms with Crippen LogP contribution in [0.3, 0.4) is 0 Å². The summed E-state index contributed by atoms with van der Waals surface area (Å²) in [4.78, 5) is 16.4. The molecular formula is C15H18FN3O. The number of likely N-dealkylation sites (N-methyl/N-ethyl adjacent to an activating group) is 1. The quantitative estimate of drug-likeness (QED) is 0.760. The molecule has 0 aromatic heterocycles. The van der Waals surface area contributed by atoms with Gasteiger partial charge in [-0.2, -0.15) is 0 Å². The Balaban J connectivity index is 2.25. The zero-order valence-electron chi connectivity index (χ0n) is 11.5. The van der Waals surface area contributed by atoms with Crippen molar-refractivity contribution >= 4 is 5.91 Å². The van der Waals surface area contributed by atoms with Gasteiger partial charge in [-0.05, 0) is 25.2 Å². The summed E-state index contributed by atoms with van der Waals surface area (Å²) >= 11 is 0. The number of hydrogen-bond acceptors (Lipinski definition) is 3. The van der Waals surface area contributed by atoms with Crippen LogP contribution in [-0.2, 0) is 0 Å². The van der Waals surface area contributed by atoms with Gasteiger partial charge in [-0.3, -0.25) is 4.79 Å². The maximum Gasteiger partial charge on any atom is 0.255 e. The van der Waals surface area contributed by atoms with Gasteiger partial charge in [-0.25, -0.2) is 4.39 Å². The molecule has 4 nitrogen and oxygen atoms in total. The number of piperazine rings is 1. The second-order valence-corrected chi connectivity index (χ2v) is 4.79. The van der Waals surface area contributed by atoms with Gasteiger partial charge in [0.1, 0.15) is 5.82 Å². The van der Waals surface area contributed by atoms with E-state index in [2.05, 4.69) is 16.7 Å². The number of hydrogen-bond donors (Lipinski definition) is 1. The van der Waals surface area contributed by atoms with Crippen molar-refractivity contribution in [3.8, 4) is 11.8 Å². The number of carbonyl (C=O) groups excluding carboxylic acids is 1. The largest absolute Gasteiger partial charge is 0.336 e. The zero-order chi connectivity index (χ0) is 14.5. The van der Waals surface area contributed by atoms with Crippen molar-refractivity contribution in [1.29, 1.82) is 0 Å². The molecule has 1 aliphatic rings. The number of carbonyl (C=O) groups is 1. The highest BCUT2D eigenvalue weighted by atomic mass is 19.1. The highest BCUT2D eigenvalue weighted by Gasteiger charge is 2.22. The Morgan fingerprint density at radius 3 is 2.70 bits per heavy atom. The van der Waals surface area contributed by atoms with Crippen LogP contribution >= 0.6 is 0 Å². The third-order valence-electron chi connectivity index (χ3n) is 3.33. The molecule has 0 unspecified atom stereocenters. The Hall–Kier alpha value is -1.90. The van der Waals surface area contributed by atoms with Crippen molar-refractivity contribution < 1.29 is 9.18 Å². The van der Waals surface area contributed by atoms with Gasteiger partial charge in [0.25, 0.3) is 5.91 Å². The van der Waals surface area contributed by atoms with Crippen molar-refractivity contribution in [2.24, 2.45) is 5.73 Å². The molecule has 2 rings (SSSR count). The Labute approximate surface area is 118 Å². The van der Waals surface area contributed by atoms with E-state index in [1.54, 1.807) is 4.90 Å². The lowest BCUT2D eigenvalue weighted by atomic mass is 10.1. The summed E-state index contributed by atoms with van der Waals surface area (Å²) in [6.45, 7) is 3.22. The summed E-state index contributed by atoms with van der Waals surface area (Å²) in [7, 11) is 2.03. The number of benzene rings is 1.